The summed E-state index contributed by atoms with van der Waals surface area (Å²) >= 11 is 0. The first kappa shape index (κ1) is 18.9. The van der Waals surface area contributed by atoms with Crippen LogP contribution in [0.1, 0.15) is 30.9 Å². The van der Waals surface area contributed by atoms with Gasteiger partial charge in [-0.15, -0.1) is 0 Å². The number of hydrogen-bond donors (Lipinski definition) is 1. The van der Waals surface area contributed by atoms with Gasteiger partial charge in [-0.2, -0.15) is 0 Å². The fourth-order valence-electron chi connectivity index (χ4n) is 3.29. The molecule has 1 aliphatic heterocycles. The summed E-state index contributed by atoms with van der Waals surface area (Å²) in [6, 6.07) is 11.5. The van der Waals surface area contributed by atoms with Crippen molar-refractivity contribution < 1.29 is 14.3 Å². The highest BCUT2D eigenvalue weighted by molar-refractivity contribution is 5.84. The molecule has 2 amide bonds. The second-order valence-electron chi connectivity index (χ2n) is 6.91. The molecule has 0 radical (unpaired) electrons. The minimum absolute atomic E-state index is 0.166. The van der Waals surface area contributed by atoms with Gasteiger partial charge in [0.15, 0.2) is 0 Å². The molecule has 2 heterocycles. The van der Waals surface area contributed by atoms with Gasteiger partial charge in [-0.25, -0.2) is 4.79 Å². The number of ether oxygens (including phenoxy) is 1. The van der Waals surface area contributed by atoms with E-state index in [-0.39, 0.29) is 12.5 Å². The van der Waals surface area contributed by atoms with Crippen LogP contribution < -0.4 is 5.32 Å². The second kappa shape index (κ2) is 9.16. The van der Waals surface area contributed by atoms with Gasteiger partial charge in [0.2, 0.25) is 5.91 Å². The number of benzene rings is 1. The van der Waals surface area contributed by atoms with E-state index in [0.717, 1.165) is 37.9 Å². The molecule has 0 aliphatic carbocycles. The summed E-state index contributed by atoms with van der Waals surface area (Å²) < 4.78 is 5.20. The Morgan fingerprint density at radius 2 is 1.74 bits per heavy atom. The summed E-state index contributed by atoms with van der Waals surface area (Å²) in [6.07, 6.45) is 5.94. The topological polar surface area (TPSA) is 71.5 Å². The molecule has 3 rings (SSSR count). The second-order valence-corrected chi connectivity index (χ2v) is 6.91. The van der Waals surface area contributed by atoms with Gasteiger partial charge in [0.25, 0.3) is 0 Å². The molecule has 1 saturated heterocycles. The Bertz CT molecular complexity index is 754. The van der Waals surface area contributed by atoms with Gasteiger partial charge in [0.05, 0.1) is 0 Å². The highest BCUT2D eigenvalue weighted by Crippen LogP contribution is 2.22. The van der Waals surface area contributed by atoms with E-state index in [1.165, 1.54) is 5.56 Å². The average Bonchev–Trinajstić information content (AvgIpc) is 2.69. The van der Waals surface area contributed by atoms with Gasteiger partial charge in [-0.05, 0) is 60.6 Å². The highest BCUT2D eigenvalue weighted by Gasteiger charge is 2.20. The maximum Gasteiger partial charge on any atom is 0.411 e. The van der Waals surface area contributed by atoms with E-state index >= 15 is 0 Å². The van der Waals surface area contributed by atoms with Crippen LogP contribution in [0.5, 0.6) is 0 Å². The summed E-state index contributed by atoms with van der Waals surface area (Å²) in [5.41, 5.74) is 2.85. The van der Waals surface area contributed by atoms with Crippen LogP contribution >= 0.6 is 0 Å². The minimum atomic E-state index is -0.476. The predicted octanol–water partition coefficient (Wildman–Crippen LogP) is 3.63. The molecule has 6 heteroatoms. The third-order valence-electron chi connectivity index (χ3n) is 4.90. The monoisotopic (exact) mass is 367 g/mol. The van der Waals surface area contributed by atoms with Gasteiger partial charge < -0.3 is 9.64 Å². The number of carbonyl (C=O) groups is 2. The van der Waals surface area contributed by atoms with Gasteiger partial charge in [0.1, 0.15) is 6.61 Å². The summed E-state index contributed by atoms with van der Waals surface area (Å²) in [7, 11) is 0. The molecule has 27 heavy (non-hydrogen) atoms. The van der Waals surface area contributed by atoms with Gasteiger partial charge in [-0.1, -0.05) is 12.1 Å². The lowest BCUT2D eigenvalue weighted by Crippen LogP contribution is -2.37. The van der Waals surface area contributed by atoms with E-state index in [2.05, 4.69) is 10.3 Å². The lowest BCUT2D eigenvalue weighted by Gasteiger charge is -2.31. The number of amides is 2. The molecule has 1 fully saturated rings. The van der Waals surface area contributed by atoms with E-state index in [0.29, 0.717) is 11.6 Å². The smallest absolute Gasteiger partial charge is 0.411 e. The quantitative estimate of drug-likeness (QED) is 0.876. The Hall–Kier alpha value is -2.89. The Morgan fingerprint density at radius 1 is 1.07 bits per heavy atom. The van der Waals surface area contributed by atoms with Crippen LogP contribution in [-0.2, 0) is 22.6 Å². The lowest BCUT2D eigenvalue weighted by molar-refractivity contribution is -0.130. The zero-order valence-corrected chi connectivity index (χ0v) is 15.6. The van der Waals surface area contributed by atoms with Crippen LogP contribution in [0.15, 0.2) is 48.8 Å². The average molecular weight is 367 g/mol. The number of pyridine rings is 1. The number of hydrogen-bond acceptors (Lipinski definition) is 4. The fraction of sp³-hybridized carbons (Fsp3) is 0.381. The molecule has 0 bridgehead atoms. The summed E-state index contributed by atoms with van der Waals surface area (Å²) in [5, 5.41) is 2.74. The Labute approximate surface area is 159 Å². The molecule has 2 aromatic rings. The number of anilines is 1. The van der Waals surface area contributed by atoms with Crippen LogP contribution in [0, 0.1) is 5.92 Å². The van der Waals surface area contributed by atoms with Gasteiger partial charge >= 0.3 is 6.09 Å². The number of nitrogens with zero attached hydrogens (tertiary/aromatic N) is 2. The van der Waals surface area contributed by atoms with E-state index in [9.17, 15) is 9.59 Å². The van der Waals surface area contributed by atoms with E-state index < -0.39 is 6.09 Å². The molecule has 6 nitrogen and oxygen atoms in total. The SMILES string of the molecule is CC(=O)N1CCC(Cc2ccc(NC(=O)OCc3ccncc3)cc2)CC1. The zero-order valence-electron chi connectivity index (χ0n) is 15.6. The fourth-order valence-corrected chi connectivity index (χ4v) is 3.29. The van der Waals surface area contributed by atoms with Crippen molar-refractivity contribution in [1.82, 2.24) is 9.88 Å². The predicted molar refractivity (Wildman–Crippen MR) is 103 cm³/mol. The Morgan fingerprint density at radius 3 is 2.37 bits per heavy atom. The number of piperidine rings is 1. The largest absolute Gasteiger partial charge is 0.444 e. The molecule has 142 valence electrons. The molecule has 1 N–H and O–H groups in total. The number of carbonyl (C=O) groups excluding carboxylic acids is 2. The maximum atomic E-state index is 11.9. The summed E-state index contributed by atoms with van der Waals surface area (Å²) in [6.45, 7) is 3.55. The summed E-state index contributed by atoms with van der Waals surface area (Å²) in [4.78, 5) is 29.1. The van der Waals surface area contributed by atoms with E-state index in [1.54, 1.807) is 19.3 Å². The first-order valence-electron chi connectivity index (χ1n) is 9.27. The van der Waals surface area contributed by atoms with E-state index in [1.807, 2.05) is 41.3 Å². The standard InChI is InChI=1S/C21H25N3O3/c1-16(25)24-12-8-18(9-13-24)14-17-2-4-20(5-3-17)23-21(26)27-15-19-6-10-22-11-7-19/h2-7,10-11,18H,8-9,12-15H2,1H3,(H,23,26). The third kappa shape index (κ3) is 5.81. The molecule has 1 aromatic carbocycles. The van der Waals surface area contributed by atoms with Crippen molar-refractivity contribution in [3.8, 4) is 0 Å². The molecule has 0 saturated carbocycles. The molecule has 0 spiro atoms. The zero-order chi connectivity index (χ0) is 19.1. The minimum Gasteiger partial charge on any atom is -0.444 e. The summed E-state index contributed by atoms with van der Waals surface area (Å²) in [5.74, 6) is 0.768. The highest BCUT2D eigenvalue weighted by atomic mass is 16.5. The third-order valence-corrected chi connectivity index (χ3v) is 4.90. The van der Waals surface area contributed by atoms with Crippen molar-refractivity contribution in [2.75, 3.05) is 18.4 Å². The lowest BCUT2D eigenvalue weighted by atomic mass is 9.90. The number of rotatable bonds is 5. The maximum absolute atomic E-state index is 11.9. The van der Waals surface area contributed by atoms with Crippen molar-refractivity contribution in [3.63, 3.8) is 0 Å². The normalized spacial score (nSPS) is 14.6. The van der Waals surface area contributed by atoms with Gasteiger partial charge in [-0.3, -0.25) is 15.1 Å². The molecular weight excluding hydrogens is 342 g/mol. The van der Waals surface area contributed by atoms with Crippen LogP contribution in [0.4, 0.5) is 10.5 Å². The van der Waals surface area contributed by atoms with Gasteiger partial charge in [0, 0.05) is 38.1 Å². The first-order chi connectivity index (χ1) is 13.1. The van der Waals surface area contributed by atoms with Crippen molar-refractivity contribution in [2.45, 2.75) is 32.8 Å². The van der Waals surface area contributed by atoms with Crippen LogP contribution in [-0.4, -0.2) is 35.0 Å². The van der Waals surface area contributed by atoms with Crippen molar-refractivity contribution in [3.05, 3.63) is 59.9 Å². The number of likely N-dealkylation sites (tertiary alicyclic amines) is 1. The Balaban J connectivity index is 1.43. The molecular formula is C21H25N3O3. The molecule has 1 aromatic heterocycles. The van der Waals surface area contributed by atoms with Crippen LogP contribution in [0.2, 0.25) is 0 Å². The van der Waals surface area contributed by atoms with Crippen molar-refractivity contribution >= 4 is 17.7 Å². The van der Waals surface area contributed by atoms with Crippen LogP contribution in [0.3, 0.4) is 0 Å². The number of aromatic nitrogens is 1. The van der Waals surface area contributed by atoms with Crippen molar-refractivity contribution in [2.24, 2.45) is 5.92 Å². The molecule has 0 atom stereocenters. The number of nitrogens with one attached hydrogen (secondary N) is 1. The molecule has 0 unspecified atom stereocenters. The molecule has 1 aliphatic rings. The Kier molecular flexibility index (Phi) is 6.41. The van der Waals surface area contributed by atoms with Crippen LogP contribution in [0.25, 0.3) is 0 Å². The van der Waals surface area contributed by atoms with Crippen molar-refractivity contribution in [1.29, 1.82) is 0 Å². The van der Waals surface area contributed by atoms with E-state index in [4.69, 9.17) is 4.74 Å². The first-order valence-corrected chi connectivity index (χ1v) is 9.27.